The summed E-state index contributed by atoms with van der Waals surface area (Å²) in [5.41, 5.74) is 0. The molecule has 5 nitrogen and oxygen atoms in total. The fourth-order valence-corrected chi connectivity index (χ4v) is 2.60. The highest BCUT2D eigenvalue weighted by Gasteiger charge is 2.11. The van der Waals surface area contributed by atoms with E-state index in [2.05, 4.69) is 5.32 Å². The summed E-state index contributed by atoms with van der Waals surface area (Å²) in [5, 5.41) is 3.34. The molecule has 1 aromatic heterocycles. The van der Waals surface area contributed by atoms with Crippen LogP contribution < -0.4 is 14.8 Å². The number of furan rings is 1. The zero-order valence-corrected chi connectivity index (χ0v) is 16.5. The lowest BCUT2D eigenvalue weighted by molar-refractivity contribution is 0.0924. The lowest BCUT2D eigenvalue weighted by atomic mass is 10.3. The highest BCUT2D eigenvalue weighted by atomic mass is 35.5. The first-order chi connectivity index (χ1) is 12.5. The molecule has 2 rings (SSSR count). The summed E-state index contributed by atoms with van der Waals surface area (Å²) in [4.78, 5) is 11.7. The number of rotatable bonds is 9. The van der Waals surface area contributed by atoms with Crippen molar-refractivity contribution in [3.8, 4) is 11.5 Å². The average molecular weight is 439 g/mol. The molecule has 0 bridgehead atoms. The molecule has 140 valence electrons. The van der Waals surface area contributed by atoms with Crippen LogP contribution in [0.25, 0.3) is 0 Å². The monoisotopic (exact) mass is 437 g/mol. The van der Waals surface area contributed by atoms with Gasteiger partial charge in [-0.1, -0.05) is 46.4 Å². The lowest BCUT2D eigenvalue weighted by Crippen LogP contribution is -2.25. The van der Waals surface area contributed by atoms with Gasteiger partial charge in [-0.15, -0.1) is 0 Å². The van der Waals surface area contributed by atoms with Crippen molar-refractivity contribution in [1.82, 2.24) is 5.32 Å². The van der Waals surface area contributed by atoms with Crippen molar-refractivity contribution < 1.29 is 18.7 Å². The molecule has 0 spiro atoms. The number of nitrogens with one attached hydrogen (secondary N) is 1. The normalized spacial score (nSPS) is 10.3. The molecule has 1 N–H and O–H groups in total. The Labute approximate surface area is 170 Å². The third-order valence-electron chi connectivity index (χ3n) is 3.06. The molecule has 0 aliphatic rings. The Morgan fingerprint density at radius 1 is 1.19 bits per heavy atom. The van der Waals surface area contributed by atoms with Crippen LogP contribution in [0.3, 0.4) is 0 Å². The summed E-state index contributed by atoms with van der Waals surface area (Å²) in [7, 11) is 0. The van der Waals surface area contributed by atoms with E-state index in [1.54, 1.807) is 24.3 Å². The van der Waals surface area contributed by atoms with Gasteiger partial charge in [0.2, 0.25) is 0 Å². The second kappa shape index (κ2) is 10.6. The third kappa shape index (κ3) is 6.65. The van der Waals surface area contributed by atoms with Crippen LogP contribution in [0.5, 0.6) is 11.5 Å². The van der Waals surface area contributed by atoms with Gasteiger partial charge >= 0.3 is 0 Å². The van der Waals surface area contributed by atoms with Crippen molar-refractivity contribution in [3.63, 3.8) is 0 Å². The molecule has 0 aliphatic heterocycles. The molecule has 9 heteroatoms. The fourth-order valence-electron chi connectivity index (χ4n) is 1.90. The first kappa shape index (κ1) is 20.8. The Kier molecular flexibility index (Phi) is 8.45. The van der Waals surface area contributed by atoms with Gasteiger partial charge in [0, 0.05) is 18.7 Å². The maximum absolute atomic E-state index is 11.7. The minimum atomic E-state index is -0.279. The van der Waals surface area contributed by atoms with E-state index in [0.717, 1.165) is 0 Å². The van der Waals surface area contributed by atoms with Crippen molar-refractivity contribution in [1.29, 1.82) is 0 Å². The number of carbonyl (C=O) groups excluding carboxylic acids is 1. The van der Waals surface area contributed by atoms with Crippen LogP contribution in [0, 0.1) is 0 Å². The summed E-state index contributed by atoms with van der Waals surface area (Å²) in [6.45, 7) is 0.925. The zero-order chi connectivity index (χ0) is 18.9. The molecule has 0 fully saturated rings. The van der Waals surface area contributed by atoms with E-state index in [4.69, 9.17) is 60.3 Å². The second-order valence-electron chi connectivity index (χ2n) is 4.96. The third-order valence-corrected chi connectivity index (χ3v) is 3.93. The minimum absolute atomic E-state index is 0.112. The largest absolute Gasteiger partial charge is 0.490 e. The molecule has 0 saturated carbocycles. The van der Waals surface area contributed by atoms with Crippen molar-refractivity contribution in [2.24, 2.45) is 0 Å². The first-order valence-corrected chi connectivity index (χ1v) is 9.06. The van der Waals surface area contributed by atoms with E-state index in [-0.39, 0.29) is 22.8 Å². The summed E-state index contributed by atoms with van der Waals surface area (Å²) in [6, 6.07) is 6.40. The van der Waals surface area contributed by atoms with Gasteiger partial charge in [-0.2, -0.15) is 0 Å². The number of ether oxygens (including phenoxy) is 2. The van der Waals surface area contributed by atoms with Gasteiger partial charge in [0.25, 0.3) is 5.91 Å². The number of carbonyl (C=O) groups is 1. The van der Waals surface area contributed by atoms with Crippen LogP contribution >= 0.6 is 46.4 Å². The average Bonchev–Trinajstić information content (AvgIpc) is 3.10. The van der Waals surface area contributed by atoms with Crippen LogP contribution in [0.15, 0.2) is 45.5 Å². The fraction of sp³-hybridized carbons (Fsp3) is 0.235. The number of amides is 1. The molecule has 0 atom stereocenters. The number of hydrogen-bond acceptors (Lipinski definition) is 4. The summed E-state index contributed by atoms with van der Waals surface area (Å²) in [6.07, 6.45) is 3.50. The van der Waals surface area contributed by atoms with Crippen molar-refractivity contribution >= 4 is 52.3 Å². The Bertz CT molecular complexity index is 735. The molecule has 0 aliphatic carbocycles. The van der Waals surface area contributed by atoms with Crippen molar-refractivity contribution in [3.05, 3.63) is 56.9 Å². The highest BCUT2D eigenvalue weighted by molar-refractivity contribution is 6.55. The topological polar surface area (TPSA) is 60.7 Å². The van der Waals surface area contributed by atoms with Crippen LogP contribution in [-0.4, -0.2) is 25.7 Å². The van der Waals surface area contributed by atoms with Crippen LogP contribution in [0.1, 0.15) is 17.0 Å². The lowest BCUT2D eigenvalue weighted by Gasteiger charge is -2.12. The molecular formula is C17H15Cl4NO4. The van der Waals surface area contributed by atoms with E-state index < -0.39 is 0 Å². The van der Waals surface area contributed by atoms with Gasteiger partial charge in [0.1, 0.15) is 16.8 Å². The maximum atomic E-state index is 11.7. The Morgan fingerprint density at radius 3 is 2.54 bits per heavy atom. The molecule has 2 aromatic rings. The van der Waals surface area contributed by atoms with Crippen LogP contribution in [-0.2, 0) is 0 Å². The standard InChI is InChI=1S/C17H15Cl4NO4/c18-12-9-11(24-8-4-15(20)21)10-13(19)16(12)26-7-2-5-22-17(23)14-3-1-6-25-14/h1,3-4,6,9-10H,2,5,7-8H2,(H,22,23). The molecular weight excluding hydrogens is 424 g/mol. The zero-order valence-electron chi connectivity index (χ0n) is 13.4. The van der Waals surface area contributed by atoms with Gasteiger partial charge < -0.3 is 19.2 Å². The van der Waals surface area contributed by atoms with E-state index in [1.165, 1.54) is 12.3 Å². The van der Waals surface area contributed by atoms with E-state index in [9.17, 15) is 4.79 Å². The van der Waals surface area contributed by atoms with Crippen LogP contribution in [0.4, 0.5) is 0 Å². The molecule has 1 aromatic carbocycles. The van der Waals surface area contributed by atoms with Gasteiger partial charge in [-0.05, 0) is 24.6 Å². The highest BCUT2D eigenvalue weighted by Crippen LogP contribution is 2.37. The molecule has 0 saturated heterocycles. The van der Waals surface area contributed by atoms with Gasteiger partial charge in [0.05, 0.1) is 22.9 Å². The van der Waals surface area contributed by atoms with Gasteiger partial charge in [-0.25, -0.2) is 0 Å². The maximum Gasteiger partial charge on any atom is 0.286 e. The molecule has 0 radical (unpaired) electrons. The Hall–Kier alpha value is -1.53. The molecule has 1 heterocycles. The predicted octanol–water partition coefficient (Wildman–Crippen LogP) is 5.48. The molecule has 0 unspecified atom stereocenters. The van der Waals surface area contributed by atoms with E-state index in [0.29, 0.717) is 41.1 Å². The minimum Gasteiger partial charge on any atom is -0.490 e. The smallest absolute Gasteiger partial charge is 0.286 e. The number of hydrogen-bond donors (Lipinski definition) is 1. The summed E-state index contributed by atoms with van der Waals surface area (Å²) < 4.78 is 16.1. The predicted molar refractivity (Wildman–Crippen MR) is 103 cm³/mol. The SMILES string of the molecule is O=C(NCCCOc1c(Cl)cc(OCC=C(Cl)Cl)cc1Cl)c1ccco1. The van der Waals surface area contributed by atoms with E-state index in [1.807, 2.05) is 0 Å². The van der Waals surface area contributed by atoms with Gasteiger partial charge in [0.15, 0.2) is 11.5 Å². The second-order valence-corrected chi connectivity index (χ2v) is 6.78. The van der Waals surface area contributed by atoms with Crippen LogP contribution in [0.2, 0.25) is 10.0 Å². The summed E-state index contributed by atoms with van der Waals surface area (Å²) in [5.74, 6) is 0.796. The van der Waals surface area contributed by atoms with E-state index >= 15 is 0 Å². The molecule has 1 amide bonds. The molecule has 26 heavy (non-hydrogen) atoms. The number of halogens is 4. The Balaban J connectivity index is 1.78. The van der Waals surface area contributed by atoms with Gasteiger partial charge in [-0.3, -0.25) is 4.79 Å². The Morgan fingerprint density at radius 2 is 1.92 bits per heavy atom. The number of benzene rings is 1. The first-order valence-electron chi connectivity index (χ1n) is 7.55. The summed E-state index contributed by atoms with van der Waals surface area (Å²) >= 11 is 23.3. The van der Waals surface area contributed by atoms with Crippen molar-refractivity contribution in [2.45, 2.75) is 6.42 Å². The quantitative estimate of drug-likeness (QED) is 0.526. The van der Waals surface area contributed by atoms with Crippen molar-refractivity contribution in [2.75, 3.05) is 19.8 Å².